The monoisotopic (exact) mass is 381 g/mol. The molecule has 8 heteroatoms. The molecule has 4 heterocycles. The molecule has 0 spiro atoms. The number of aryl methyl sites for hydroxylation is 1. The van der Waals surface area contributed by atoms with Crippen LogP contribution in [-0.2, 0) is 18.3 Å². The minimum Gasteiger partial charge on any atom is -0.469 e. The molecule has 1 saturated heterocycles. The van der Waals surface area contributed by atoms with Crippen LogP contribution in [0.15, 0.2) is 45.9 Å². The fourth-order valence-electron chi connectivity index (χ4n) is 3.61. The first-order valence-electron chi connectivity index (χ1n) is 9.50. The Morgan fingerprint density at radius 1 is 1.29 bits per heavy atom. The number of nitrogens with zero attached hydrogens (tertiary/aromatic N) is 4. The normalized spacial score (nSPS) is 15.1. The van der Waals surface area contributed by atoms with E-state index in [1.807, 2.05) is 29.2 Å². The van der Waals surface area contributed by atoms with Crippen LogP contribution in [0.4, 0.5) is 5.82 Å². The molecular formula is C20H23N5O3. The number of anilines is 1. The maximum atomic E-state index is 12.7. The van der Waals surface area contributed by atoms with E-state index >= 15 is 0 Å². The number of pyridine rings is 1. The van der Waals surface area contributed by atoms with Gasteiger partial charge >= 0.3 is 0 Å². The van der Waals surface area contributed by atoms with Gasteiger partial charge in [-0.25, -0.2) is 9.97 Å². The largest absolute Gasteiger partial charge is 0.469 e. The number of rotatable bonds is 5. The van der Waals surface area contributed by atoms with E-state index < -0.39 is 0 Å². The Morgan fingerprint density at radius 3 is 2.86 bits per heavy atom. The second kappa shape index (κ2) is 7.84. The highest BCUT2D eigenvalue weighted by Gasteiger charge is 2.27. The van der Waals surface area contributed by atoms with Crippen molar-refractivity contribution in [3.8, 4) is 0 Å². The maximum Gasteiger partial charge on any atom is 0.294 e. The van der Waals surface area contributed by atoms with Crippen LogP contribution in [0.25, 0.3) is 11.2 Å². The van der Waals surface area contributed by atoms with Crippen molar-refractivity contribution in [2.24, 2.45) is 13.0 Å². The molecule has 1 fully saturated rings. The van der Waals surface area contributed by atoms with Gasteiger partial charge in [0.25, 0.3) is 5.56 Å². The first kappa shape index (κ1) is 18.2. The van der Waals surface area contributed by atoms with Crippen molar-refractivity contribution in [3.05, 3.63) is 52.8 Å². The molecule has 1 aliphatic rings. The zero-order valence-electron chi connectivity index (χ0n) is 15.8. The lowest BCUT2D eigenvalue weighted by Crippen LogP contribution is -2.43. The van der Waals surface area contributed by atoms with Gasteiger partial charge in [-0.2, -0.15) is 0 Å². The van der Waals surface area contributed by atoms with Crippen molar-refractivity contribution in [2.75, 3.05) is 24.5 Å². The Balaban J connectivity index is 1.37. The summed E-state index contributed by atoms with van der Waals surface area (Å²) < 4.78 is 6.81. The predicted octanol–water partition coefficient (Wildman–Crippen LogP) is 1.50. The number of nitrogens with one attached hydrogen (secondary N) is 1. The minimum absolute atomic E-state index is 0.0428. The van der Waals surface area contributed by atoms with E-state index in [0.29, 0.717) is 55.9 Å². The molecule has 0 unspecified atom stereocenters. The van der Waals surface area contributed by atoms with Crippen LogP contribution >= 0.6 is 0 Å². The van der Waals surface area contributed by atoms with Gasteiger partial charge in [0.1, 0.15) is 11.3 Å². The van der Waals surface area contributed by atoms with Crippen molar-refractivity contribution in [2.45, 2.75) is 19.3 Å². The Morgan fingerprint density at radius 2 is 2.11 bits per heavy atom. The first-order chi connectivity index (χ1) is 13.6. The quantitative estimate of drug-likeness (QED) is 0.720. The highest BCUT2D eigenvalue weighted by atomic mass is 16.3. The molecule has 1 N–H and O–H groups in total. The third-order valence-electron chi connectivity index (χ3n) is 5.22. The van der Waals surface area contributed by atoms with Crippen LogP contribution in [0.5, 0.6) is 0 Å². The number of hydrogen-bond acceptors (Lipinski definition) is 6. The van der Waals surface area contributed by atoms with E-state index in [9.17, 15) is 9.59 Å². The lowest BCUT2D eigenvalue weighted by Gasteiger charge is -2.31. The summed E-state index contributed by atoms with van der Waals surface area (Å²) in [6.45, 7) is 1.82. The van der Waals surface area contributed by atoms with Gasteiger partial charge in [-0.05, 0) is 37.1 Å². The number of aromatic nitrogens is 3. The molecular weight excluding hydrogens is 358 g/mol. The average Bonchev–Trinajstić information content (AvgIpc) is 3.24. The summed E-state index contributed by atoms with van der Waals surface area (Å²) in [7, 11) is 1.71. The molecule has 3 aromatic heterocycles. The SMILES string of the molecule is Cn1c(=O)c(N2CCC(C(=O)NCCc3ccco3)CC2)nc2cccnc21. The highest BCUT2D eigenvalue weighted by Crippen LogP contribution is 2.21. The number of piperidine rings is 1. The second-order valence-electron chi connectivity index (χ2n) is 7.03. The number of carbonyl (C=O) groups excluding carboxylic acids is 1. The lowest BCUT2D eigenvalue weighted by atomic mass is 9.96. The molecule has 3 aromatic rings. The van der Waals surface area contributed by atoms with Gasteiger partial charge < -0.3 is 14.6 Å². The smallest absolute Gasteiger partial charge is 0.294 e. The van der Waals surface area contributed by atoms with E-state index in [-0.39, 0.29) is 17.4 Å². The van der Waals surface area contributed by atoms with Gasteiger partial charge in [-0.3, -0.25) is 14.2 Å². The summed E-state index contributed by atoms with van der Waals surface area (Å²) >= 11 is 0. The summed E-state index contributed by atoms with van der Waals surface area (Å²) in [4.78, 5) is 35.8. The Labute approximate surface area is 162 Å². The fraction of sp³-hybridized carbons (Fsp3) is 0.400. The molecule has 0 bridgehead atoms. The molecule has 1 aliphatic heterocycles. The fourth-order valence-corrected chi connectivity index (χ4v) is 3.61. The molecule has 8 nitrogen and oxygen atoms in total. The molecule has 146 valence electrons. The molecule has 0 aromatic carbocycles. The number of fused-ring (bicyclic) bond motifs is 1. The Kier molecular flexibility index (Phi) is 5.10. The van der Waals surface area contributed by atoms with E-state index in [1.165, 1.54) is 4.57 Å². The van der Waals surface area contributed by atoms with Crippen molar-refractivity contribution in [1.29, 1.82) is 0 Å². The van der Waals surface area contributed by atoms with Crippen molar-refractivity contribution in [3.63, 3.8) is 0 Å². The third kappa shape index (κ3) is 3.62. The number of hydrogen-bond donors (Lipinski definition) is 1. The molecule has 4 rings (SSSR count). The minimum atomic E-state index is -0.160. The van der Waals surface area contributed by atoms with Crippen LogP contribution in [0.2, 0.25) is 0 Å². The zero-order chi connectivity index (χ0) is 19.5. The molecule has 0 atom stereocenters. The van der Waals surface area contributed by atoms with Crippen molar-refractivity contribution in [1.82, 2.24) is 19.9 Å². The standard InChI is InChI=1S/C20H23N5O3/c1-24-17-16(5-2-9-21-17)23-18(20(24)27)25-11-7-14(8-12-25)19(26)22-10-6-15-4-3-13-28-15/h2-5,9,13-14H,6-8,10-12H2,1H3,(H,22,26). The molecule has 0 radical (unpaired) electrons. The van der Waals surface area contributed by atoms with Crippen molar-refractivity contribution < 1.29 is 9.21 Å². The van der Waals surface area contributed by atoms with Gasteiger partial charge in [0.15, 0.2) is 11.5 Å². The number of carbonyl (C=O) groups is 1. The summed E-state index contributed by atoms with van der Waals surface area (Å²) in [5.74, 6) is 1.32. The second-order valence-corrected chi connectivity index (χ2v) is 7.03. The van der Waals surface area contributed by atoms with Gasteiger partial charge in [-0.15, -0.1) is 0 Å². The summed E-state index contributed by atoms with van der Waals surface area (Å²) in [6, 6.07) is 7.40. The van der Waals surface area contributed by atoms with E-state index in [1.54, 1.807) is 19.5 Å². The van der Waals surface area contributed by atoms with Gasteiger partial charge in [-0.1, -0.05) is 0 Å². The average molecular weight is 381 g/mol. The molecule has 28 heavy (non-hydrogen) atoms. The third-order valence-corrected chi connectivity index (χ3v) is 5.22. The molecule has 1 amide bonds. The van der Waals surface area contributed by atoms with E-state index in [4.69, 9.17) is 4.42 Å². The van der Waals surface area contributed by atoms with E-state index in [2.05, 4.69) is 15.3 Å². The first-order valence-corrected chi connectivity index (χ1v) is 9.50. The summed E-state index contributed by atoms with van der Waals surface area (Å²) in [5.41, 5.74) is 1.10. The van der Waals surface area contributed by atoms with Crippen molar-refractivity contribution >= 4 is 22.9 Å². The van der Waals surface area contributed by atoms with Crippen LogP contribution in [0.1, 0.15) is 18.6 Å². The highest BCUT2D eigenvalue weighted by molar-refractivity contribution is 5.79. The van der Waals surface area contributed by atoms with Crippen LogP contribution in [0.3, 0.4) is 0 Å². The Hall–Kier alpha value is -3.16. The maximum absolute atomic E-state index is 12.7. The van der Waals surface area contributed by atoms with Gasteiger partial charge in [0, 0.05) is 45.2 Å². The molecule has 0 aliphatic carbocycles. The molecule has 0 saturated carbocycles. The van der Waals surface area contributed by atoms with Crippen LogP contribution in [-0.4, -0.2) is 40.1 Å². The lowest BCUT2D eigenvalue weighted by molar-refractivity contribution is -0.125. The van der Waals surface area contributed by atoms with E-state index in [0.717, 1.165) is 5.76 Å². The predicted molar refractivity (Wildman–Crippen MR) is 105 cm³/mol. The summed E-state index contributed by atoms with van der Waals surface area (Å²) in [6.07, 6.45) is 5.36. The van der Waals surface area contributed by atoms with Crippen LogP contribution < -0.4 is 15.8 Å². The van der Waals surface area contributed by atoms with Crippen LogP contribution in [0, 0.1) is 5.92 Å². The topological polar surface area (TPSA) is 93.3 Å². The Bertz CT molecular complexity index is 1020. The number of furan rings is 1. The van der Waals surface area contributed by atoms with Gasteiger partial charge in [0.2, 0.25) is 5.91 Å². The number of amides is 1. The van der Waals surface area contributed by atoms with Gasteiger partial charge in [0.05, 0.1) is 6.26 Å². The zero-order valence-corrected chi connectivity index (χ0v) is 15.8. The summed E-state index contributed by atoms with van der Waals surface area (Å²) in [5, 5.41) is 2.98.